The predicted molar refractivity (Wildman–Crippen MR) is 169 cm³/mol. The lowest BCUT2D eigenvalue weighted by molar-refractivity contribution is -0.167. The normalized spacial score (nSPS) is 11.9. The van der Waals surface area contributed by atoms with Crippen LogP contribution in [0.3, 0.4) is 0 Å². The van der Waals surface area contributed by atoms with E-state index >= 15 is 0 Å². The van der Waals surface area contributed by atoms with Gasteiger partial charge in [0.25, 0.3) is 0 Å². The molecule has 2 heterocycles. The number of halogens is 2. The van der Waals surface area contributed by atoms with Crippen LogP contribution in [-0.4, -0.2) is 61.6 Å². The van der Waals surface area contributed by atoms with E-state index in [1.165, 1.54) is 12.4 Å². The van der Waals surface area contributed by atoms with Gasteiger partial charge in [-0.25, -0.2) is 9.59 Å². The van der Waals surface area contributed by atoms with Crippen LogP contribution in [0.4, 0.5) is 0 Å². The lowest BCUT2D eigenvalue weighted by Crippen LogP contribution is -2.29. The largest absolute Gasteiger partial charge is 0.481 e. The topological polar surface area (TPSA) is 195 Å². The van der Waals surface area contributed by atoms with Gasteiger partial charge in [0, 0.05) is 60.2 Å². The number of nitrogens with one attached hydrogen (secondary N) is 2. The summed E-state index contributed by atoms with van der Waals surface area (Å²) in [5, 5.41) is 33.2. The maximum absolute atomic E-state index is 12.0. The predicted octanol–water partition coefficient (Wildman–Crippen LogP) is 4.70. The molecule has 0 aliphatic heterocycles. The van der Waals surface area contributed by atoms with Crippen LogP contribution < -0.4 is 20.1 Å². The van der Waals surface area contributed by atoms with E-state index in [1.807, 2.05) is 0 Å². The molecule has 4 aromatic rings. The van der Waals surface area contributed by atoms with E-state index in [0.29, 0.717) is 70.1 Å². The number of esters is 2. The maximum atomic E-state index is 12.0. The van der Waals surface area contributed by atoms with Gasteiger partial charge in [0.15, 0.2) is 23.7 Å². The fourth-order valence-electron chi connectivity index (χ4n) is 4.25. The summed E-state index contributed by atoms with van der Waals surface area (Å²) in [6, 6.07) is 16.9. The van der Waals surface area contributed by atoms with Crippen molar-refractivity contribution in [3.05, 3.63) is 93.6 Å². The van der Waals surface area contributed by atoms with Crippen molar-refractivity contribution < 1.29 is 37.6 Å². The molecule has 2 aromatic carbocycles. The molecule has 16 heteroatoms. The Balaban J connectivity index is 1.11. The van der Waals surface area contributed by atoms with Crippen molar-refractivity contribution in [1.29, 1.82) is 10.5 Å². The van der Waals surface area contributed by atoms with Gasteiger partial charge in [-0.1, -0.05) is 33.5 Å². The minimum Gasteiger partial charge on any atom is -0.481 e. The van der Waals surface area contributed by atoms with Crippen LogP contribution in [0.25, 0.3) is 0 Å². The number of nitrogens with zero attached hydrogens (tertiary/aromatic N) is 4. The van der Waals surface area contributed by atoms with Gasteiger partial charge in [-0.05, 0) is 37.4 Å². The monoisotopic (exact) mass is 696 g/mol. The quantitative estimate of drug-likeness (QED) is 0.0825. The molecule has 0 saturated carbocycles. The summed E-state index contributed by atoms with van der Waals surface area (Å²) in [5.74, 6) is -0.695. The SMILES string of the molecule is N#Cc1ccc(Cl)cc1OC(CCNCCOC(=O)C(=O)OCCNCCC(Oc1cc(Cl)ccc1C#N)c1ccno1)c1ccno1. The molecule has 14 nitrogen and oxygen atoms in total. The summed E-state index contributed by atoms with van der Waals surface area (Å²) in [7, 11) is 0. The van der Waals surface area contributed by atoms with Gasteiger partial charge in [0.05, 0.1) is 23.5 Å². The Kier molecular flexibility index (Phi) is 14.1. The van der Waals surface area contributed by atoms with E-state index in [0.717, 1.165) is 0 Å². The molecule has 2 unspecified atom stereocenters. The molecule has 0 amide bonds. The van der Waals surface area contributed by atoms with Crippen LogP contribution in [0.5, 0.6) is 11.5 Å². The lowest BCUT2D eigenvalue weighted by atomic mass is 10.1. The van der Waals surface area contributed by atoms with Crippen LogP contribution in [0.15, 0.2) is 70.0 Å². The lowest BCUT2D eigenvalue weighted by Gasteiger charge is -2.18. The van der Waals surface area contributed by atoms with Crippen molar-refractivity contribution in [3.63, 3.8) is 0 Å². The minimum absolute atomic E-state index is 0.0734. The van der Waals surface area contributed by atoms with Gasteiger partial charge < -0.3 is 38.6 Å². The van der Waals surface area contributed by atoms with Crippen molar-refractivity contribution in [2.24, 2.45) is 0 Å². The summed E-state index contributed by atoms with van der Waals surface area (Å²) in [6.07, 6.45) is 2.66. The van der Waals surface area contributed by atoms with E-state index in [1.54, 1.807) is 48.5 Å². The Morgan fingerprint density at radius 2 is 1.15 bits per heavy atom. The average molecular weight is 698 g/mol. The highest BCUT2D eigenvalue weighted by Crippen LogP contribution is 2.31. The number of aromatic nitrogens is 2. The number of rotatable bonds is 18. The minimum atomic E-state index is -1.11. The van der Waals surface area contributed by atoms with E-state index in [-0.39, 0.29) is 26.3 Å². The second-order valence-electron chi connectivity index (χ2n) is 9.90. The van der Waals surface area contributed by atoms with Gasteiger partial charge >= 0.3 is 11.9 Å². The highest BCUT2D eigenvalue weighted by molar-refractivity contribution is 6.31. The van der Waals surface area contributed by atoms with Crippen LogP contribution >= 0.6 is 23.2 Å². The van der Waals surface area contributed by atoms with Gasteiger partial charge in [-0.3, -0.25) is 0 Å². The molecule has 0 aliphatic rings. The zero-order valence-electron chi connectivity index (χ0n) is 25.4. The molecule has 48 heavy (non-hydrogen) atoms. The zero-order valence-corrected chi connectivity index (χ0v) is 26.9. The van der Waals surface area contributed by atoms with Crippen molar-refractivity contribution in [2.45, 2.75) is 25.0 Å². The highest BCUT2D eigenvalue weighted by Gasteiger charge is 2.21. The number of hydrogen-bond acceptors (Lipinski definition) is 14. The number of ether oxygens (including phenoxy) is 4. The molecule has 2 N–H and O–H groups in total. The van der Waals surface area contributed by atoms with E-state index in [9.17, 15) is 20.1 Å². The molecule has 0 spiro atoms. The molecule has 0 fully saturated rings. The third-order valence-electron chi connectivity index (χ3n) is 6.57. The summed E-state index contributed by atoms with van der Waals surface area (Å²) in [4.78, 5) is 24.1. The highest BCUT2D eigenvalue weighted by atomic mass is 35.5. The first-order valence-corrected chi connectivity index (χ1v) is 15.4. The second-order valence-corrected chi connectivity index (χ2v) is 10.8. The van der Waals surface area contributed by atoms with Crippen molar-refractivity contribution in [2.75, 3.05) is 39.4 Å². The third-order valence-corrected chi connectivity index (χ3v) is 7.04. The summed E-state index contributed by atoms with van der Waals surface area (Å²) in [5.41, 5.74) is 0.636. The smallest absolute Gasteiger partial charge is 0.417 e. The zero-order chi connectivity index (χ0) is 34.1. The van der Waals surface area contributed by atoms with Gasteiger partial charge in [0.2, 0.25) is 0 Å². The van der Waals surface area contributed by atoms with Crippen LogP contribution in [0.2, 0.25) is 10.0 Å². The molecule has 250 valence electrons. The van der Waals surface area contributed by atoms with Crippen molar-refractivity contribution >= 4 is 35.1 Å². The third kappa shape index (κ3) is 11.0. The van der Waals surface area contributed by atoms with E-state index in [2.05, 4.69) is 33.1 Å². The fraction of sp³-hybridized carbons (Fsp3) is 0.312. The molecule has 2 aromatic heterocycles. The van der Waals surface area contributed by atoms with Crippen molar-refractivity contribution in [3.8, 4) is 23.6 Å². The van der Waals surface area contributed by atoms with Crippen molar-refractivity contribution in [1.82, 2.24) is 20.9 Å². The summed E-state index contributed by atoms with van der Waals surface area (Å²) >= 11 is 12.1. The molecule has 0 aliphatic carbocycles. The Hall–Kier alpha value is -5.12. The summed E-state index contributed by atoms with van der Waals surface area (Å²) < 4.78 is 32.5. The number of benzene rings is 2. The average Bonchev–Trinajstić information content (AvgIpc) is 3.82. The molecule has 0 radical (unpaired) electrons. The molecular formula is C32H30Cl2N6O8. The number of carbonyl (C=O) groups is 2. The van der Waals surface area contributed by atoms with Gasteiger partial charge in [-0.2, -0.15) is 10.5 Å². The van der Waals surface area contributed by atoms with Crippen LogP contribution in [-0.2, 0) is 19.1 Å². The maximum Gasteiger partial charge on any atom is 0.417 e. The van der Waals surface area contributed by atoms with Gasteiger partial charge in [-0.15, -0.1) is 0 Å². The molecule has 0 saturated heterocycles. The first kappa shape index (κ1) is 35.7. The van der Waals surface area contributed by atoms with Crippen LogP contribution in [0.1, 0.15) is 47.7 Å². The van der Waals surface area contributed by atoms with Crippen LogP contribution in [0, 0.1) is 22.7 Å². The Morgan fingerprint density at radius 3 is 1.52 bits per heavy atom. The Morgan fingerprint density at radius 1 is 0.708 bits per heavy atom. The van der Waals surface area contributed by atoms with E-state index < -0.39 is 24.1 Å². The number of carbonyl (C=O) groups excluding carboxylic acids is 2. The molecule has 4 rings (SSSR count). The molecular weight excluding hydrogens is 667 g/mol. The second kappa shape index (κ2) is 18.9. The summed E-state index contributed by atoms with van der Waals surface area (Å²) in [6.45, 7) is 1.20. The Labute approximate surface area is 285 Å². The molecule has 0 bridgehead atoms. The van der Waals surface area contributed by atoms with Gasteiger partial charge in [0.1, 0.15) is 36.9 Å². The number of hydrogen-bond donors (Lipinski definition) is 2. The first-order valence-electron chi connectivity index (χ1n) is 14.7. The standard InChI is InChI=1S/C32H30Cl2N6O8/c33-23-3-1-21(19-35)29(17-23)45-25(27-7-11-39-47-27)5-9-37-13-15-43-31(41)32(42)44-16-14-38-10-6-26(28-8-12-40-48-28)46-30-18-24(34)4-2-22(30)20-36/h1-4,7-8,11-12,17-18,25-26,37-38H,5-6,9-10,13-16H2. The first-order chi connectivity index (χ1) is 23.4. The Bertz CT molecular complexity index is 1580. The number of nitriles is 2. The molecule has 2 atom stereocenters. The fourth-order valence-corrected chi connectivity index (χ4v) is 4.57. The van der Waals surface area contributed by atoms with E-state index in [4.69, 9.17) is 51.2 Å².